The number of hydrogen-bond donors (Lipinski definition) is 0. The molecule has 0 aliphatic carbocycles. The first-order valence-corrected chi connectivity index (χ1v) is 4.26. The Labute approximate surface area is 85.7 Å². The molecule has 0 atom stereocenters. The maximum absolute atomic E-state index is 11.2. The van der Waals surface area contributed by atoms with Crippen molar-refractivity contribution in [3.05, 3.63) is 35.6 Å². The highest BCUT2D eigenvalue weighted by atomic mass is 16.5. The predicted molar refractivity (Wildman–Crippen MR) is 52.3 cm³/mol. The number of methoxy groups -OCH3 is 1. The van der Waals surface area contributed by atoms with Gasteiger partial charge in [0.05, 0.1) is 12.7 Å². The predicted octanol–water partition coefficient (Wildman–Crippen LogP) is 2.09. The number of rotatable bonds is 1. The highest BCUT2D eigenvalue weighted by Gasteiger charge is 2.08. The van der Waals surface area contributed by atoms with Gasteiger partial charge in [0.2, 0.25) is 5.76 Å². The maximum atomic E-state index is 11.2. The summed E-state index contributed by atoms with van der Waals surface area (Å²) in [6, 6.07) is 8.42. The summed E-state index contributed by atoms with van der Waals surface area (Å²) in [5.74, 6) is -0.196. The third kappa shape index (κ3) is 1.55. The van der Waals surface area contributed by atoms with E-state index in [1.54, 1.807) is 24.3 Å². The summed E-state index contributed by atoms with van der Waals surface area (Å²) in [4.78, 5) is 11.2. The lowest BCUT2D eigenvalue weighted by molar-refractivity contribution is 0.0601. The summed E-state index contributed by atoms with van der Waals surface area (Å²) in [5, 5.41) is 9.42. The third-order valence-corrected chi connectivity index (χ3v) is 2.05. The van der Waals surface area contributed by atoms with Gasteiger partial charge in [-0.1, -0.05) is 6.07 Å². The van der Waals surface area contributed by atoms with Gasteiger partial charge in [0.25, 0.3) is 0 Å². The Morgan fingerprint density at radius 1 is 1.47 bits per heavy atom. The molecule has 15 heavy (non-hydrogen) atoms. The molecule has 0 aliphatic rings. The second-order valence-corrected chi connectivity index (χ2v) is 2.97. The number of furan rings is 1. The first-order valence-electron chi connectivity index (χ1n) is 4.26. The van der Waals surface area contributed by atoms with Crippen molar-refractivity contribution in [3.63, 3.8) is 0 Å². The third-order valence-electron chi connectivity index (χ3n) is 2.05. The van der Waals surface area contributed by atoms with Gasteiger partial charge >= 0.3 is 5.97 Å². The molecular formula is C11H7NO3. The molecule has 4 nitrogen and oxygen atoms in total. The molecule has 0 saturated carbocycles. The Hall–Kier alpha value is -2.28. The minimum atomic E-state index is -0.424. The van der Waals surface area contributed by atoms with Crippen LogP contribution in [0.4, 0.5) is 0 Å². The lowest BCUT2D eigenvalue weighted by Crippen LogP contribution is -1.99. The molecule has 1 aromatic carbocycles. The van der Waals surface area contributed by atoms with Crippen LogP contribution in [0.15, 0.2) is 28.7 Å². The first-order chi connectivity index (χ1) is 7.24. The van der Waals surface area contributed by atoms with Crippen molar-refractivity contribution in [1.29, 1.82) is 5.26 Å². The number of nitrogens with zero attached hydrogens (tertiary/aromatic N) is 1. The summed E-state index contributed by atoms with van der Waals surface area (Å²) in [7, 11) is 1.31. The average Bonchev–Trinajstić information content (AvgIpc) is 2.69. The van der Waals surface area contributed by atoms with Crippen LogP contribution in [0.1, 0.15) is 16.1 Å². The monoisotopic (exact) mass is 201 g/mol. The van der Waals surface area contributed by atoms with E-state index < -0.39 is 5.97 Å². The number of carbonyl (C=O) groups excluding carboxylic acids is 1. The molecular weight excluding hydrogens is 194 g/mol. The van der Waals surface area contributed by atoms with Crippen molar-refractivity contribution in [2.24, 2.45) is 0 Å². The second kappa shape index (κ2) is 3.46. The van der Waals surface area contributed by atoms with Crippen LogP contribution in [0.2, 0.25) is 0 Å². The van der Waals surface area contributed by atoms with Crippen LogP contribution in [0.5, 0.6) is 0 Å². The smallest absolute Gasteiger partial charge is 0.337 e. The lowest BCUT2D eigenvalue weighted by atomic mass is 10.2. The second-order valence-electron chi connectivity index (χ2n) is 2.97. The van der Waals surface area contributed by atoms with E-state index in [0.29, 0.717) is 11.1 Å². The van der Waals surface area contributed by atoms with Gasteiger partial charge in [0.1, 0.15) is 11.7 Å². The molecule has 2 aromatic rings. The molecule has 0 saturated heterocycles. The van der Waals surface area contributed by atoms with Crippen molar-refractivity contribution in [2.75, 3.05) is 7.11 Å². The molecule has 0 N–H and O–H groups in total. The van der Waals surface area contributed by atoms with Gasteiger partial charge in [-0.2, -0.15) is 5.26 Å². The molecule has 1 aromatic heterocycles. The van der Waals surface area contributed by atoms with Gasteiger partial charge in [-0.3, -0.25) is 0 Å². The van der Waals surface area contributed by atoms with Crippen LogP contribution < -0.4 is 0 Å². The van der Waals surface area contributed by atoms with Crippen LogP contribution in [0.3, 0.4) is 0 Å². The van der Waals surface area contributed by atoms with Crippen molar-refractivity contribution in [2.45, 2.75) is 0 Å². The quantitative estimate of drug-likeness (QED) is 0.662. The number of benzene rings is 1. The maximum Gasteiger partial charge on any atom is 0.337 e. The fourth-order valence-corrected chi connectivity index (χ4v) is 1.33. The zero-order valence-electron chi connectivity index (χ0n) is 7.98. The molecule has 0 spiro atoms. The van der Waals surface area contributed by atoms with Crippen LogP contribution in [-0.2, 0) is 4.74 Å². The van der Waals surface area contributed by atoms with Crippen LogP contribution >= 0.6 is 0 Å². The molecule has 74 valence electrons. The number of carbonyl (C=O) groups is 1. The molecule has 0 radical (unpaired) electrons. The zero-order valence-corrected chi connectivity index (χ0v) is 7.98. The summed E-state index contributed by atoms with van der Waals surface area (Å²) in [6.07, 6.45) is 0. The Morgan fingerprint density at radius 2 is 2.27 bits per heavy atom. The van der Waals surface area contributed by atoms with Gasteiger partial charge in [0.15, 0.2) is 0 Å². The van der Waals surface area contributed by atoms with E-state index in [0.717, 1.165) is 5.39 Å². The van der Waals surface area contributed by atoms with Crippen molar-refractivity contribution in [1.82, 2.24) is 0 Å². The van der Waals surface area contributed by atoms with Gasteiger partial charge < -0.3 is 9.15 Å². The zero-order chi connectivity index (χ0) is 10.8. The van der Waals surface area contributed by atoms with E-state index in [1.807, 2.05) is 6.07 Å². The Balaban J connectivity index is 2.56. The fraction of sp³-hybridized carbons (Fsp3) is 0.0909. The fourth-order valence-electron chi connectivity index (χ4n) is 1.33. The van der Waals surface area contributed by atoms with Crippen LogP contribution in [-0.4, -0.2) is 13.1 Å². The molecule has 4 heteroatoms. The summed E-state index contributed by atoms with van der Waals surface area (Å²) < 4.78 is 9.76. The molecule has 0 amide bonds. The van der Waals surface area contributed by atoms with Gasteiger partial charge in [-0.15, -0.1) is 0 Å². The van der Waals surface area contributed by atoms with E-state index in [4.69, 9.17) is 9.68 Å². The standard InChI is InChI=1S/C11H7NO3/c1-14-11(13)8-3-2-7-4-9(6-12)15-10(7)5-8/h2-5H,1H3. The Kier molecular flexibility index (Phi) is 2.14. The summed E-state index contributed by atoms with van der Waals surface area (Å²) in [6.45, 7) is 0. The van der Waals surface area contributed by atoms with Crippen molar-refractivity contribution >= 4 is 16.9 Å². The van der Waals surface area contributed by atoms with Crippen LogP contribution in [0.25, 0.3) is 11.0 Å². The van der Waals surface area contributed by atoms with E-state index in [-0.39, 0.29) is 5.76 Å². The number of esters is 1. The highest BCUT2D eigenvalue weighted by molar-refractivity contribution is 5.94. The minimum Gasteiger partial charge on any atom is -0.465 e. The number of ether oxygens (including phenoxy) is 1. The SMILES string of the molecule is COC(=O)c1ccc2cc(C#N)oc2c1. The van der Waals surface area contributed by atoms with Gasteiger partial charge in [0, 0.05) is 11.5 Å². The molecule has 1 heterocycles. The van der Waals surface area contributed by atoms with Gasteiger partial charge in [-0.05, 0) is 12.1 Å². The molecule has 0 aliphatic heterocycles. The van der Waals surface area contributed by atoms with E-state index in [9.17, 15) is 4.79 Å². The Bertz CT molecular complexity index is 563. The van der Waals surface area contributed by atoms with E-state index in [2.05, 4.69) is 4.74 Å². The Morgan fingerprint density at radius 3 is 2.93 bits per heavy atom. The molecule has 0 bridgehead atoms. The summed E-state index contributed by atoms with van der Waals surface area (Å²) in [5.41, 5.74) is 0.915. The van der Waals surface area contributed by atoms with Crippen LogP contribution in [0, 0.1) is 11.3 Å². The summed E-state index contributed by atoms with van der Waals surface area (Å²) >= 11 is 0. The first kappa shape index (κ1) is 9.28. The molecule has 2 rings (SSSR count). The molecule has 0 fully saturated rings. The average molecular weight is 201 g/mol. The number of fused-ring (bicyclic) bond motifs is 1. The highest BCUT2D eigenvalue weighted by Crippen LogP contribution is 2.20. The number of nitriles is 1. The largest absolute Gasteiger partial charge is 0.465 e. The van der Waals surface area contributed by atoms with Gasteiger partial charge in [-0.25, -0.2) is 4.79 Å². The minimum absolute atomic E-state index is 0.229. The number of hydrogen-bond acceptors (Lipinski definition) is 4. The van der Waals surface area contributed by atoms with E-state index >= 15 is 0 Å². The lowest BCUT2D eigenvalue weighted by Gasteiger charge is -1.97. The topological polar surface area (TPSA) is 63.2 Å². The van der Waals surface area contributed by atoms with Crippen molar-refractivity contribution < 1.29 is 13.9 Å². The molecule has 0 unspecified atom stereocenters. The van der Waals surface area contributed by atoms with Crippen molar-refractivity contribution in [3.8, 4) is 6.07 Å². The van der Waals surface area contributed by atoms with E-state index in [1.165, 1.54) is 7.11 Å². The normalized spacial score (nSPS) is 9.87.